The molecule has 9 nitrogen and oxygen atoms in total. The quantitative estimate of drug-likeness (QED) is 0.744. The number of carbonyl (C=O) groups is 1. The van der Waals surface area contributed by atoms with E-state index in [0.29, 0.717) is 11.4 Å². The first-order valence-electron chi connectivity index (χ1n) is 6.10. The fourth-order valence-corrected chi connectivity index (χ4v) is 1.68. The van der Waals surface area contributed by atoms with Crippen LogP contribution in [-0.2, 0) is 0 Å². The van der Waals surface area contributed by atoms with Gasteiger partial charge in [-0.1, -0.05) is 0 Å². The van der Waals surface area contributed by atoms with Crippen molar-refractivity contribution >= 4 is 11.9 Å². The molecule has 0 fully saturated rings. The van der Waals surface area contributed by atoms with Crippen molar-refractivity contribution in [3.8, 4) is 17.1 Å². The smallest absolute Gasteiger partial charge is 0.293 e. The zero-order valence-electron chi connectivity index (χ0n) is 11.3. The van der Waals surface area contributed by atoms with Crippen LogP contribution in [0.25, 0.3) is 11.4 Å². The number of aromatic amines is 1. The van der Waals surface area contributed by atoms with Gasteiger partial charge in [0, 0.05) is 6.07 Å². The highest BCUT2D eigenvalue weighted by atomic mass is 16.5. The van der Waals surface area contributed by atoms with E-state index in [1.165, 1.54) is 19.6 Å². The average molecular weight is 302 g/mol. The summed E-state index contributed by atoms with van der Waals surface area (Å²) in [4.78, 5) is 27.6. The Labute approximate surface area is 122 Å². The summed E-state index contributed by atoms with van der Waals surface area (Å²) >= 11 is 0. The van der Waals surface area contributed by atoms with Gasteiger partial charge in [-0.05, 0) is 6.07 Å². The minimum atomic E-state index is -0.655. The van der Waals surface area contributed by atoms with E-state index in [1.807, 2.05) is 0 Å². The Morgan fingerprint density at radius 1 is 1.41 bits per heavy atom. The normalized spacial score (nSPS) is 10.4. The molecule has 112 valence electrons. The molecule has 0 bridgehead atoms. The topological polar surface area (TPSA) is 123 Å². The zero-order valence-corrected chi connectivity index (χ0v) is 11.3. The van der Waals surface area contributed by atoms with Crippen LogP contribution in [0.3, 0.4) is 0 Å². The predicted octanol–water partition coefficient (Wildman–Crippen LogP) is 1.28. The van der Waals surface area contributed by atoms with Gasteiger partial charge >= 0.3 is 0 Å². The van der Waals surface area contributed by atoms with E-state index in [0.717, 1.165) is 12.3 Å². The first kappa shape index (κ1) is 13.6. The monoisotopic (exact) mass is 302 g/mol. The van der Waals surface area contributed by atoms with Crippen molar-refractivity contribution in [2.24, 2.45) is 0 Å². The molecule has 3 rings (SSSR count). The number of nitrogens with one attached hydrogen (secondary N) is 2. The van der Waals surface area contributed by atoms with Crippen molar-refractivity contribution in [3.05, 3.63) is 46.9 Å². The van der Waals surface area contributed by atoms with Crippen LogP contribution in [0.2, 0.25) is 0 Å². The summed E-state index contributed by atoms with van der Waals surface area (Å²) in [6, 6.07) is 2.71. The molecule has 0 saturated carbocycles. The highest BCUT2D eigenvalue weighted by molar-refractivity contribution is 6.01. The first-order chi connectivity index (χ1) is 10.7. The summed E-state index contributed by atoms with van der Waals surface area (Å²) < 4.78 is 14.7. The molecule has 2 N–H and O–H groups in total. The summed E-state index contributed by atoms with van der Waals surface area (Å²) in [5.41, 5.74) is 0.219. The van der Waals surface area contributed by atoms with Crippen molar-refractivity contribution in [3.63, 3.8) is 0 Å². The lowest BCUT2D eigenvalue weighted by atomic mass is 10.3. The van der Waals surface area contributed by atoms with Crippen LogP contribution in [0.5, 0.6) is 5.75 Å². The first-order valence-corrected chi connectivity index (χ1v) is 6.10. The van der Waals surface area contributed by atoms with Crippen LogP contribution in [-0.4, -0.2) is 28.2 Å². The van der Waals surface area contributed by atoms with Crippen LogP contribution < -0.4 is 15.5 Å². The molecule has 0 aliphatic heterocycles. The number of carbonyl (C=O) groups excluding carboxylic acids is 1. The molecule has 0 saturated heterocycles. The second-order valence-electron chi connectivity index (χ2n) is 4.15. The molecule has 22 heavy (non-hydrogen) atoms. The summed E-state index contributed by atoms with van der Waals surface area (Å²) in [6.07, 6.45) is 4.03. The van der Waals surface area contributed by atoms with Crippen LogP contribution >= 0.6 is 0 Å². The van der Waals surface area contributed by atoms with Gasteiger partial charge in [-0.15, -0.1) is 5.10 Å². The largest absolute Gasteiger partial charge is 0.490 e. The Bertz CT molecular complexity index is 849. The van der Waals surface area contributed by atoms with Gasteiger partial charge in [0.2, 0.25) is 17.1 Å². The van der Waals surface area contributed by atoms with Gasteiger partial charge in [-0.2, -0.15) is 4.98 Å². The van der Waals surface area contributed by atoms with Gasteiger partial charge in [0.25, 0.3) is 5.91 Å². The molecule has 0 radical (unpaired) electrons. The molecule has 0 atom stereocenters. The number of anilines is 1. The highest BCUT2D eigenvalue weighted by Gasteiger charge is 2.15. The molecular formula is C13H10N4O5. The number of aromatic nitrogens is 3. The second kappa shape index (κ2) is 5.56. The minimum Gasteiger partial charge on any atom is -0.490 e. The predicted molar refractivity (Wildman–Crippen MR) is 73.6 cm³/mol. The summed E-state index contributed by atoms with van der Waals surface area (Å²) in [7, 11) is 1.33. The average Bonchev–Trinajstić information content (AvgIpc) is 3.17. The lowest BCUT2D eigenvalue weighted by Crippen LogP contribution is -2.16. The number of rotatable bonds is 4. The molecular weight excluding hydrogens is 292 g/mol. The van der Waals surface area contributed by atoms with E-state index >= 15 is 0 Å². The minimum absolute atomic E-state index is 0.0108. The third kappa shape index (κ3) is 2.59. The molecule has 0 unspecified atom stereocenters. The van der Waals surface area contributed by atoms with E-state index in [9.17, 15) is 9.59 Å². The number of amides is 1. The summed E-state index contributed by atoms with van der Waals surface area (Å²) in [5, 5.41) is 8.89. The van der Waals surface area contributed by atoms with Crippen LogP contribution in [0.1, 0.15) is 10.6 Å². The van der Waals surface area contributed by atoms with E-state index in [4.69, 9.17) is 13.6 Å². The Morgan fingerprint density at radius 3 is 2.95 bits per heavy atom. The third-order valence-corrected chi connectivity index (χ3v) is 2.75. The molecule has 3 heterocycles. The van der Waals surface area contributed by atoms with Gasteiger partial charge in [-0.25, -0.2) is 0 Å². The van der Waals surface area contributed by atoms with Crippen molar-refractivity contribution in [1.82, 2.24) is 15.2 Å². The van der Waals surface area contributed by atoms with E-state index in [-0.39, 0.29) is 17.5 Å². The number of hydrogen-bond acceptors (Lipinski definition) is 7. The molecule has 3 aromatic heterocycles. The number of furan rings is 1. The molecule has 0 aliphatic rings. The maximum absolute atomic E-state index is 12.0. The highest BCUT2D eigenvalue weighted by Crippen LogP contribution is 2.16. The standard InChI is InChI=1S/C13H10N4O5/c1-20-10-6-22-9(4-8(10)18)12(19)15-13-14-11(16-17-13)7-2-3-21-5-7/h2-6H,1H3,(H2,14,15,16,17,19). The van der Waals surface area contributed by atoms with Crippen molar-refractivity contribution in [2.75, 3.05) is 12.4 Å². The van der Waals surface area contributed by atoms with Gasteiger partial charge in [0.1, 0.15) is 12.5 Å². The van der Waals surface area contributed by atoms with Gasteiger partial charge < -0.3 is 13.6 Å². The summed E-state index contributed by atoms with van der Waals surface area (Å²) in [5.74, 6) is -0.352. The van der Waals surface area contributed by atoms with Crippen LogP contribution in [0.15, 0.2) is 44.6 Å². The van der Waals surface area contributed by atoms with Crippen molar-refractivity contribution < 1.29 is 18.4 Å². The second-order valence-corrected chi connectivity index (χ2v) is 4.15. The molecule has 0 aliphatic carbocycles. The van der Waals surface area contributed by atoms with Crippen molar-refractivity contribution in [1.29, 1.82) is 0 Å². The molecule has 0 aromatic carbocycles. The molecule has 9 heteroatoms. The number of nitrogens with zero attached hydrogens (tertiary/aromatic N) is 2. The fraction of sp³-hybridized carbons (Fsp3) is 0.0769. The van der Waals surface area contributed by atoms with Gasteiger partial charge in [-0.3, -0.25) is 20.0 Å². The lowest BCUT2D eigenvalue weighted by molar-refractivity contribution is 0.0993. The molecule has 3 aromatic rings. The van der Waals surface area contributed by atoms with E-state index in [2.05, 4.69) is 20.5 Å². The Balaban J connectivity index is 1.77. The van der Waals surface area contributed by atoms with Gasteiger partial charge in [0.15, 0.2) is 11.6 Å². The summed E-state index contributed by atoms with van der Waals surface area (Å²) in [6.45, 7) is 0. The number of ether oxygens (including phenoxy) is 1. The fourth-order valence-electron chi connectivity index (χ4n) is 1.68. The van der Waals surface area contributed by atoms with E-state index < -0.39 is 11.3 Å². The van der Waals surface area contributed by atoms with Crippen molar-refractivity contribution in [2.45, 2.75) is 0 Å². The Morgan fingerprint density at radius 2 is 2.27 bits per heavy atom. The Kier molecular flexibility index (Phi) is 3.44. The number of methoxy groups -OCH3 is 1. The maximum Gasteiger partial charge on any atom is 0.293 e. The SMILES string of the molecule is COc1coc(C(=O)Nc2n[nH]c(-c3ccoc3)n2)cc1=O. The Hall–Kier alpha value is -3.36. The van der Waals surface area contributed by atoms with Gasteiger partial charge in [0.05, 0.1) is 18.9 Å². The number of H-pyrrole nitrogens is 1. The number of hydrogen-bond donors (Lipinski definition) is 2. The molecule has 0 spiro atoms. The van der Waals surface area contributed by atoms with Crippen LogP contribution in [0, 0.1) is 0 Å². The maximum atomic E-state index is 12.0. The zero-order chi connectivity index (χ0) is 15.5. The molecule has 1 amide bonds. The third-order valence-electron chi connectivity index (χ3n) is 2.75. The lowest BCUT2D eigenvalue weighted by Gasteiger charge is -2.01. The van der Waals surface area contributed by atoms with Crippen LogP contribution in [0.4, 0.5) is 5.95 Å². The van der Waals surface area contributed by atoms with E-state index in [1.54, 1.807) is 6.07 Å².